The summed E-state index contributed by atoms with van der Waals surface area (Å²) in [4.78, 5) is 4.61. The molecule has 1 aromatic heterocycles. The van der Waals surface area contributed by atoms with E-state index in [9.17, 15) is 0 Å². The number of hydrogen-bond donors (Lipinski definition) is 0. The summed E-state index contributed by atoms with van der Waals surface area (Å²) in [7, 11) is 3.23. The Hall–Kier alpha value is -1.48. The van der Waals surface area contributed by atoms with Crippen LogP contribution in [0.3, 0.4) is 0 Å². The molecule has 0 N–H and O–H groups in total. The molecule has 4 heteroatoms. The summed E-state index contributed by atoms with van der Waals surface area (Å²) in [5.41, 5.74) is 1.75. The van der Waals surface area contributed by atoms with E-state index in [0.29, 0.717) is 22.4 Å². The third-order valence-corrected chi connectivity index (χ3v) is 3.16. The molecule has 0 amide bonds. The molecule has 0 atom stereocenters. The van der Waals surface area contributed by atoms with Crippen LogP contribution in [-0.2, 0) is 0 Å². The maximum atomic E-state index is 6.32. The van der Waals surface area contributed by atoms with Crippen molar-refractivity contribution in [3.63, 3.8) is 0 Å². The molecule has 3 nitrogen and oxygen atoms in total. The normalized spacial score (nSPS) is 11.0. The molecule has 0 saturated heterocycles. The Kier molecular flexibility index (Phi) is 3.62. The van der Waals surface area contributed by atoms with Crippen LogP contribution in [-0.4, -0.2) is 19.2 Å². The maximum Gasteiger partial charge on any atom is 0.133 e. The van der Waals surface area contributed by atoms with Gasteiger partial charge in [0.15, 0.2) is 0 Å². The van der Waals surface area contributed by atoms with E-state index in [1.54, 1.807) is 14.2 Å². The molecule has 0 aliphatic carbocycles. The van der Waals surface area contributed by atoms with Crippen molar-refractivity contribution in [1.82, 2.24) is 4.98 Å². The fourth-order valence-electron chi connectivity index (χ4n) is 1.85. The number of aromatic nitrogens is 1. The SMILES string of the molecule is COc1cc(OC)c2c(Cl)cc(C(C)C)nc2c1. The Bertz CT molecular complexity index is 582. The zero-order valence-corrected chi connectivity index (χ0v) is 11.7. The van der Waals surface area contributed by atoms with E-state index in [1.165, 1.54) is 0 Å². The second-order valence-corrected chi connectivity index (χ2v) is 4.81. The molecular weight excluding hydrogens is 250 g/mol. The van der Waals surface area contributed by atoms with E-state index in [-0.39, 0.29) is 0 Å². The lowest BCUT2D eigenvalue weighted by molar-refractivity contribution is 0.398. The van der Waals surface area contributed by atoms with Gasteiger partial charge in [-0.05, 0) is 12.0 Å². The van der Waals surface area contributed by atoms with Crippen LogP contribution >= 0.6 is 11.6 Å². The van der Waals surface area contributed by atoms with Crippen molar-refractivity contribution in [3.05, 3.63) is 28.9 Å². The summed E-state index contributed by atoms with van der Waals surface area (Å²) in [5, 5.41) is 1.48. The third-order valence-electron chi connectivity index (χ3n) is 2.87. The minimum Gasteiger partial charge on any atom is -0.497 e. The topological polar surface area (TPSA) is 31.4 Å². The van der Waals surface area contributed by atoms with Crippen LogP contribution in [0.2, 0.25) is 5.02 Å². The molecule has 0 saturated carbocycles. The largest absolute Gasteiger partial charge is 0.497 e. The highest BCUT2D eigenvalue weighted by atomic mass is 35.5. The summed E-state index contributed by atoms with van der Waals surface area (Å²) in [6.07, 6.45) is 0. The summed E-state index contributed by atoms with van der Waals surface area (Å²) in [6.45, 7) is 4.17. The molecule has 18 heavy (non-hydrogen) atoms. The van der Waals surface area contributed by atoms with Crippen molar-refractivity contribution in [2.45, 2.75) is 19.8 Å². The monoisotopic (exact) mass is 265 g/mol. The second kappa shape index (κ2) is 5.02. The van der Waals surface area contributed by atoms with Gasteiger partial charge in [-0.2, -0.15) is 0 Å². The number of fused-ring (bicyclic) bond motifs is 1. The minimum atomic E-state index is 0.323. The van der Waals surface area contributed by atoms with Gasteiger partial charge in [0.2, 0.25) is 0 Å². The van der Waals surface area contributed by atoms with E-state index in [1.807, 2.05) is 18.2 Å². The van der Waals surface area contributed by atoms with Crippen LogP contribution in [0.25, 0.3) is 10.9 Å². The molecule has 0 spiro atoms. The molecule has 1 heterocycles. The number of benzene rings is 1. The molecule has 2 rings (SSSR count). The lowest BCUT2D eigenvalue weighted by Crippen LogP contribution is -1.96. The first-order valence-corrected chi connectivity index (χ1v) is 6.16. The van der Waals surface area contributed by atoms with Crippen LogP contribution < -0.4 is 9.47 Å². The van der Waals surface area contributed by atoms with Crippen molar-refractivity contribution in [2.75, 3.05) is 14.2 Å². The van der Waals surface area contributed by atoms with Gasteiger partial charge in [0.1, 0.15) is 11.5 Å². The van der Waals surface area contributed by atoms with Gasteiger partial charge in [-0.25, -0.2) is 0 Å². The predicted octanol–water partition coefficient (Wildman–Crippen LogP) is 4.03. The Morgan fingerprint density at radius 3 is 2.39 bits per heavy atom. The number of ether oxygens (including phenoxy) is 2. The zero-order valence-electron chi connectivity index (χ0n) is 11.0. The molecule has 0 unspecified atom stereocenters. The first-order chi connectivity index (χ1) is 8.56. The summed E-state index contributed by atoms with van der Waals surface area (Å²) >= 11 is 6.32. The van der Waals surface area contributed by atoms with Gasteiger partial charge in [-0.1, -0.05) is 25.4 Å². The third kappa shape index (κ3) is 2.23. The smallest absolute Gasteiger partial charge is 0.133 e. The second-order valence-electron chi connectivity index (χ2n) is 4.41. The average molecular weight is 266 g/mol. The van der Waals surface area contributed by atoms with Gasteiger partial charge in [0.25, 0.3) is 0 Å². The lowest BCUT2D eigenvalue weighted by atomic mass is 10.1. The number of pyridine rings is 1. The van der Waals surface area contributed by atoms with Crippen molar-refractivity contribution < 1.29 is 9.47 Å². The number of hydrogen-bond acceptors (Lipinski definition) is 3. The van der Waals surface area contributed by atoms with Crippen molar-refractivity contribution in [2.24, 2.45) is 0 Å². The number of halogens is 1. The molecule has 0 fully saturated rings. The fourth-order valence-corrected chi connectivity index (χ4v) is 2.15. The van der Waals surface area contributed by atoms with Crippen LogP contribution in [0.15, 0.2) is 18.2 Å². The van der Waals surface area contributed by atoms with E-state index >= 15 is 0 Å². The van der Waals surface area contributed by atoms with Gasteiger partial charge in [0.05, 0.1) is 30.1 Å². The van der Waals surface area contributed by atoms with Crippen molar-refractivity contribution in [3.8, 4) is 11.5 Å². The summed E-state index contributed by atoms with van der Waals surface area (Å²) in [6, 6.07) is 5.57. The first-order valence-electron chi connectivity index (χ1n) is 5.79. The number of rotatable bonds is 3. The molecule has 1 aromatic carbocycles. The average Bonchev–Trinajstić information content (AvgIpc) is 2.36. The van der Waals surface area contributed by atoms with Gasteiger partial charge in [-0.3, -0.25) is 4.98 Å². The molecular formula is C14H16ClNO2. The highest BCUT2D eigenvalue weighted by Gasteiger charge is 2.13. The van der Waals surface area contributed by atoms with Crippen molar-refractivity contribution in [1.29, 1.82) is 0 Å². The standard InChI is InChI=1S/C14H16ClNO2/c1-8(2)11-7-10(15)14-12(16-11)5-9(17-3)6-13(14)18-4/h5-8H,1-4H3. The lowest BCUT2D eigenvalue weighted by Gasteiger charge is -2.12. The van der Waals surface area contributed by atoms with Gasteiger partial charge in [-0.15, -0.1) is 0 Å². The van der Waals surface area contributed by atoms with Crippen LogP contribution in [0.1, 0.15) is 25.5 Å². The summed E-state index contributed by atoms with van der Waals surface area (Å²) < 4.78 is 10.6. The number of nitrogens with zero attached hydrogens (tertiary/aromatic N) is 1. The predicted molar refractivity (Wildman–Crippen MR) is 73.9 cm³/mol. The molecule has 0 radical (unpaired) electrons. The minimum absolute atomic E-state index is 0.323. The Morgan fingerprint density at radius 1 is 1.11 bits per heavy atom. The Labute approximate surface area is 112 Å². The Morgan fingerprint density at radius 2 is 1.83 bits per heavy atom. The zero-order chi connectivity index (χ0) is 13.3. The van der Waals surface area contributed by atoms with E-state index in [4.69, 9.17) is 21.1 Å². The highest BCUT2D eigenvalue weighted by molar-refractivity contribution is 6.36. The van der Waals surface area contributed by atoms with Gasteiger partial charge < -0.3 is 9.47 Å². The van der Waals surface area contributed by atoms with E-state index in [2.05, 4.69) is 18.8 Å². The molecule has 0 aliphatic heterocycles. The van der Waals surface area contributed by atoms with Crippen LogP contribution in [0, 0.1) is 0 Å². The maximum absolute atomic E-state index is 6.32. The Balaban J connectivity index is 2.78. The van der Waals surface area contributed by atoms with E-state index in [0.717, 1.165) is 16.6 Å². The quantitative estimate of drug-likeness (QED) is 0.840. The van der Waals surface area contributed by atoms with Gasteiger partial charge in [0, 0.05) is 17.8 Å². The molecule has 0 aliphatic rings. The number of methoxy groups -OCH3 is 2. The molecule has 96 valence electrons. The van der Waals surface area contributed by atoms with Gasteiger partial charge >= 0.3 is 0 Å². The first kappa shape index (κ1) is 13.0. The van der Waals surface area contributed by atoms with Crippen LogP contribution in [0.4, 0.5) is 0 Å². The van der Waals surface area contributed by atoms with E-state index < -0.39 is 0 Å². The molecule has 2 aromatic rings. The summed E-state index contributed by atoms with van der Waals surface area (Å²) in [5.74, 6) is 1.71. The van der Waals surface area contributed by atoms with Crippen molar-refractivity contribution >= 4 is 22.5 Å². The highest BCUT2D eigenvalue weighted by Crippen LogP contribution is 2.36. The fraction of sp³-hybridized carbons (Fsp3) is 0.357. The van der Waals surface area contributed by atoms with Crippen LogP contribution in [0.5, 0.6) is 11.5 Å². The molecule has 0 bridgehead atoms.